The van der Waals surface area contributed by atoms with Gasteiger partial charge in [-0.1, -0.05) is 0 Å². The van der Waals surface area contributed by atoms with E-state index in [-0.39, 0.29) is 35.1 Å². The molecule has 0 spiro atoms. The smallest absolute Gasteiger partial charge is 0.335 e. The van der Waals surface area contributed by atoms with Crippen LogP contribution < -0.4 is 15.5 Å². The number of hydrogen-bond donors (Lipinski definition) is 3. The molecule has 3 saturated heterocycles. The SMILES string of the molecule is O=C1CCC(NC(=O)C23CC(N4CCC(CC5CCN(c6ccc(C(=O)O)cc6)CC5)CC4)(C2)C3)C(=O)N1. The van der Waals surface area contributed by atoms with E-state index in [9.17, 15) is 19.2 Å². The van der Waals surface area contributed by atoms with E-state index >= 15 is 0 Å². The number of amides is 3. The fourth-order valence-electron chi connectivity index (χ4n) is 7.81. The number of carbonyl (C=O) groups is 4. The quantitative estimate of drug-likeness (QED) is 0.471. The third kappa shape index (κ3) is 4.59. The van der Waals surface area contributed by atoms with E-state index in [0.29, 0.717) is 12.0 Å². The van der Waals surface area contributed by atoms with Crippen molar-refractivity contribution < 1.29 is 24.3 Å². The van der Waals surface area contributed by atoms with Gasteiger partial charge in [-0.2, -0.15) is 0 Å². The van der Waals surface area contributed by atoms with Gasteiger partial charge in [-0.05, 0) is 107 Å². The Hall–Kier alpha value is -2.94. The molecule has 3 N–H and O–H groups in total. The Balaban J connectivity index is 0.911. The van der Waals surface area contributed by atoms with Gasteiger partial charge in [0.15, 0.2) is 0 Å². The van der Waals surface area contributed by atoms with Crippen LogP contribution in [0.25, 0.3) is 0 Å². The standard InChI is InChI=1S/C29H38N4O5/c34-24-6-5-23(25(35)31-24)30-27(38)28-16-29(17-28,18-28)33-13-9-20(10-14-33)15-19-7-11-32(12-8-19)22-3-1-21(2-4-22)26(36)37/h1-4,19-20,23H,5-18H2,(H,30,38)(H,36,37)(H,31,34,35). The van der Waals surface area contributed by atoms with Crippen LogP contribution in [0.2, 0.25) is 0 Å². The summed E-state index contributed by atoms with van der Waals surface area (Å²) < 4.78 is 0. The number of piperidine rings is 3. The number of benzene rings is 1. The Bertz CT molecular complexity index is 1100. The molecule has 9 heteroatoms. The van der Waals surface area contributed by atoms with Crippen molar-refractivity contribution in [1.29, 1.82) is 0 Å². The first-order valence-corrected chi connectivity index (χ1v) is 14.2. The molecule has 0 aromatic heterocycles. The minimum atomic E-state index is -0.884. The third-order valence-corrected chi connectivity index (χ3v) is 10.1. The van der Waals surface area contributed by atoms with Crippen LogP contribution in [-0.4, -0.2) is 71.5 Å². The highest BCUT2D eigenvalue weighted by molar-refractivity contribution is 6.02. The first-order chi connectivity index (χ1) is 18.3. The number of carboxylic acid groups (broad SMARTS) is 1. The molecule has 1 atom stereocenters. The van der Waals surface area contributed by atoms with E-state index in [0.717, 1.165) is 63.0 Å². The minimum Gasteiger partial charge on any atom is -0.478 e. The molecule has 3 aliphatic carbocycles. The van der Waals surface area contributed by atoms with Crippen LogP contribution in [0.4, 0.5) is 5.69 Å². The predicted octanol–water partition coefficient (Wildman–Crippen LogP) is 2.55. The molecule has 7 rings (SSSR count). The number of rotatable bonds is 7. The zero-order chi connectivity index (χ0) is 26.5. The Labute approximate surface area is 223 Å². The highest BCUT2D eigenvalue weighted by Gasteiger charge is 2.73. The number of carboxylic acids is 1. The first kappa shape index (κ1) is 25.3. The van der Waals surface area contributed by atoms with Crippen LogP contribution in [-0.2, 0) is 14.4 Å². The van der Waals surface area contributed by atoms with Crippen LogP contribution in [0.3, 0.4) is 0 Å². The Morgan fingerprint density at radius 2 is 1.53 bits per heavy atom. The molecular weight excluding hydrogens is 484 g/mol. The topological polar surface area (TPSA) is 119 Å². The maximum Gasteiger partial charge on any atom is 0.335 e. The van der Waals surface area contributed by atoms with Crippen molar-refractivity contribution in [1.82, 2.24) is 15.5 Å². The van der Waals surface area contributed by atoms with Crippen LogP contribution in [0.15, 0.2) is 24.3 Å². The van der Waals surface area contributed by atoms with Crippen LogP contribution in [0.1, 0.15) is 74.6 Å². The van der Waals surface area contributed by atoms with Crippen LogP contribution >= 0.6 is 0 Å². The average Bonchev–Trinajstić information content (AvgIpc) is 2.86. The Morgan fingerprint density at radius 1 is 0.921 bits per heavy atom. The van der Waals surface area contributed by atoms with Crippen molar-refractivity contribution in [3.8, 4) is 0 Å². The molecule has 38 heavy (non-hydrogen) atoms. The second-order valence-corrected chi connectivity index (χ2v) is 12.5. The van der Waals surface area contributed by atoms with Gasteiger partial charge in [0.25, 0.3) is 0 Å². The molecule has 0 radical (unpaired) electrons. The largest absolute Gasteiger partial charge is 0.478 e. The molecule has 3 saturated carbocycles. The number of nitrogens with zero attached hydrogens (tertiary/aromatic N) is 2. The van der Waals surface area contributed by atoms with Crippen molar-refractivity contribution in [2.24, 2.45) is 17.3 Å². The summed E-state index contributed by atoms with van der Waals surface area (Å²) in [6.45, 7) is 4.29. The van der Waals surface area contributed by atoms with Crippen molar-refractivity contribution in [3.05, 3.63) is 29.8 Å². The van der Waals surface area contributed by atoms with Crippen molar-refractivity contribution in [2.45, 2.75) is 75.8 Å². The van der Waals surface area contributed by atoms with E-state index in [1.807, 2.05) is 12.1 Å². The zero-order valence-corrected chi connectivity index (χ0v) is 21.9. The number of hydrogen-bond acceptors (Lipinski definition) is 6. The summed E-state index contributed by atoms with van der Waals surface area (Å²) in [4.78, 5) is 52.4. The predicted molar refractivity (Wildman–Crippen MR) is 141 cm³/mol. The maximum atomic E-state index is 12.9. The minimum absolute atomic E-state index is 0.00655. The monoisotopic (exact) mass is 522 g/mol. The molecule has 1 unspecified atom stereocenters. The normalized spacial score (nSPS) is 32.2. The van der Waals surface area contributed by atoms with Gasteiger partial charge in [-0.3, -0.25) is 24.6 Å². The van der Waals surface area contributed by atoms with Crippen LogP contribution in [0.5, 0.6) is 0 Å². The fraction of sp³-hybridized carbons (Fsp3) is 0.655. The number of imide groups is 1. The van der Waals surface area contributed by atoms with Crippen molar-refractivity contribution >= 4 is 29.4 Å². The maximum absolute atomic E-state index is 12.9. The van der Waals surface area contributed by atoms with Gasteiger partial charge in [-0.25, -0.2) is 4.79 Å². The summed E-state index contributed by atoms with van der Waals surface area (Å²) in [5.74, 6) is 0.00445. The molecule has 204 valence electrons. The summed E-state index contributed by atoms with van der Waals surface area (Å²) >= 11 is 0. The molecule has 3 heterocycles. The lowest BCUT2D eigenvalue weighted by Crippen LogP contribution is -2.79. The number of nitrogens with one attached hydrogen (secondary N) is 2. The molecule has 6 fully saturated rings. The molecule has 2 bridgehead atoms. The van der Waals surface area contributed by atoms with Crippen molar-refractivity contribution in [2.75, 3.05) is 31.1 Å². The lowest BCUT2D eigenvalue weighted by atomic mass is 9.38. The summed E-state index contributed by atoms with van der Waals surface area (Å²) in [6.07, 6.45) is 9.51. The molecule has 3 aliphatic heterocycles. The van der Waals surface area contributed by atoms with Gasteiger partial charge in [-0.15, -0.1) is 0 Å². The zero-order valence-electron chi connectivity index (χ0n) is 21.9. The first-order valence-electron chi connectivity index (χ1n) is 14.2. The number of aromatic carboxylic acids is 1. The van der Waals surface area contributed by atoms with Gasteiger partial charge >= 0.3 is 5.97 Å². The highest BCUT2D eigenvalue weighted by atomic mass is 16.4. The molecule has 6 aliphatic rings. The molecule has 1 aromatic carbocycles. The highest BCUT2D eigenvalue weighted by Crippen LogP contribution is 2.70. The van der Waals surface area contributed by atoms with E-state index < -0.39 is 12.0 Å². The number of carbonyl (C=O) groups excluding carboxylic acids is 3. The van der Waals surface area contributed by atoms with Gasteiger partial charge in [0.2, 0.25) is 17.7 Å². The van der Waals surface area contributed by atoms with Gasteiger partial charge in [0, 0.05) is 30.7 Å². The van der Waals surface area contributed by atoms with E-state index in [1.165, 1.54) is 32.1 Å². The average molecular weight is 523 g/mol. The number of anilines is 1. The fourth-order valence-corrected chi connectivity index (χ4v) is 7.81. The lowest BCUT2D eigenvalue weighted by Gasteiger charge is -2.73. The third-order valence-electron chi connectivity index (χ3n) is 10.1. The second-order valence-electron chi connectivity index (χ2n) is 12.5. The van der Waals surface area contributed by atoms with Gasteiger partial charge in [0.1, 0.15) is 6.04 Å². The van der Waals surface area contributed by atoms with E-state index in [2.05, 4.69) is 20.4 Å². The van der Waals surface area contributed by atoms with Crippen molar-refractivity contribution in [3.63, 3.8) is 0 Å². The summed E-state index contributed by atoms with van der Waals surface area (Å²) in [6, 6.07) is 6.65. The van der Waals surface area contributed by atoms with Gasteiger partial charge in [0.05, 0.1) is 11.0 Å². The number of likely N-dealkylation sites (tertiary alicyclic amines) is 1. The Morgan fingerprint density at radius 3 is 2.11 bits per heavy atom. The molecule has 3 amide bonds. The molecule has 1 aromatic rings. The van der Waals surface area contributed by atoms with Crippen LogP contribution in [0, 0.1) is 17.3 Å². The summed E-state index contributed by atoms with van der Waals surface area (Å²) in [5, 5.41) is 14.3. The Kier molecular flexibility index (Phi) is 6.45. The van der Waals surface area contributed by atoms with E-state index in [4.69, 9.17) is 5.11 Å². The summed E-state index contributed by atoms with van der Waals surface area (Å²) in [7, 11) is 0. The second kappa shape index (κ2) is 9.67. The van der Waals surface area contributed by atoms with E-state index in [1.54, 1.807) is 12.1 Å². The molecule has 9 nitrogen and oxygen atoms in total. The molecular formula is C29H38N4O5. The van der Waals surface area contributed by atoms with Gasteiger partial charge < -0.3 is 15.3 Å². The lowest BCUT2D eigenvalue weighted by molar-refractivity contribution is -0.223. The summed E-state index contributed by atoms with van der Waals surface area (Å²) in [5.41, 5.74) is 1.33.